The van der Waals surface area contributed by atoms with Crippen LogP contribution in [0, 0.1) is 0 Å². The van der Waals surface area contributed by atoms with Crippen molar-refractivity contribution >= 4 is 39.1 Å². The van der Waals surface area contributed by atoms with Crippen molar-refractivity contribution < 1.29 is 27.5 Å². The van der Waals surface area contributed by atoms with Crippen LogP contribution in [0.3, 0.4) is 0 Å². The number of amides is 2. The van der Waals surface area contributed by atoms with Crippen molar-refractivity contribution in [3.05, 3.63) is 83.4 Å². The molecule has 0 spiro atoms. The Hall–Kier alpha value is -3.76. The molecule has 3 aromatic rings. The second-order valence-corrected chi connectivity index (χ2v) is 11.8. The van der Waals surface area contributed by atoms with Crippen LogP contribution in [0.25, 0.3) is 0 Å². The molecule has 0 aliphatic carbocycles. The van der Waals surface area contributed by atoms with E-state index < -0.39 is 28.5 Å². The summed E-state index contributed by atoms with van der Waals surface area (Å²) >= 11 is 6.05. The zero-order chi connectivity index (χ0) is 30.2. The first kappa shape index (κ1) is 31.8. The number of carbonyl (C=O) groups excluding carboxylic acids is 2. The Bertz CT molecular complexity index is 1430. The maximum absolute atomic E-state index is 14.0. The van der Waals surface area contributed by atoms with Crippen LogP contribution in [-0.4, -0.2) is 58.0 Å². The van der Waals surface area contributed by atoms with Crippen molar-refractivity contribution in [1.82, 2.24) is 10.2 Å². The van der Waals surface area contributed by atoms with Crippen molar-refractivity contribution in [1.29, 1.82) is 0 Å². The minimum Gasteiger partial charge on any atom is -0.493 e. The van der Waals surface area contributed by atoms with Gasteiger partial charge in [-0.1, -0.05) is 48.9 Å². The number of rotatable bonds is 13. The van der Waals surface area contributed by atoms with E-state index in [1.807, 2.05) is 13.8 Å². The molecule has 0 saturated carbocycles. The van der Waals surface area contributed by atoms with Gasteiger partial charge in [0.05, 0.1) is 24.8 Å². The molecule has 0 aromatic heterocycles. The molecule has 0 aliphatic heterocycles. The number of benzene rings is 3. The maximum Gasteiger partial charge on any atom is 0.264 e. The number of methoxy groups -OCH3 is 2. The highest BCUT2D eigenvalue weighted by molar-refractivity contribution is 7.92. The van der Waals surface area contributed by atoms with E-state index in [1.165, 1.54) is 43.4 Å². The van der Waals surface area contributed by atoms with Crippen LogP contribution in [0.2, 0.25) is 5.02 Å². The number of carbonyl (C=O) groups is 2. The molecule has 2 atom stereocenters. The summed E-state index contributed by atoms with van der Waals surface area (Å²) in [6.07, 6.45) is 0.714. The largest absolute Gasteiger partial charge is 0.493 e. The molecule has 0 radical (unpaired) electrons. The summed E-state index contributed by atoms with van der Waals surface area (Å²) in [6.45, 7) is 4.94. The highest BCUT2D eigenvalue weighted by Crippen LogP contribution is 2.34. The lowest BCUT2D eigenvalue weighted by Gasteiger charge is -2.32. The van der Waals surface area contributed by atoms with Crippen LogP contribution < -0.4 is 19.1 Å². The zero-order valence-electron chi connectivity index (χ0n) is 23.8. The van der Waals surface area contributed by atoms with Crippen LogP contribution in [-0.2, 0) is 26.2 Å². The third kappa shape index (κ3) is 7.92. The Morgan fingerprint density at radius 2 is 1.56 bits per heavy atom. The minimum absolute atomic E-state index is 0.00870. The quantitative estimate of drug-likeness (QED) is 0.299. The molecule has 220 valence electrons. The maximum atomic E-state index is 14.0. The summed E-state index contributed by atoms with van der Waals surface area (Å²) in [7, 11) is -1.29. The van der Waals surface area contributed by atoms with Crippen molar-refractivity contribution in [3.8, 4) is 11.5 Å². The van der Waals surface area contributed by atoms with Gasteiger partial charge in [-0.05, 0) is 62.2 Å². The first-order chi connectivity index (χ1) is 19.5. The Morgan fingerprint density at radius 1 is 0.927 bits per heavy atom. The number of hydrogen-bond acceptors (Lipinski definition) is 6. The lowest BCUT2D eigenvalue weighted by atomic mass is 10.1. The number of nitrogens with one attached hydrogen (secondary N) is 1. The van der Waals surface area contributed by atoms with E-state index in [2.05, 4.69) is 5.32 Å². The SMILES string of the molecule is CC[C@H](C)NC(=O)[C@H](C)N(Cc1ccc(Cl)cc1)C(=O)CN(c1ccc(OC)c(OC)c1)S(=O)(=O)c1ccccc1. The van der Waals surface area contributed by atoms with Crippen LogP contribution in [0.4, 0.5) is 5.69 Å². The fourth-order valence-corrected chi connectivity index (χ4v) is 5.62. The predicted molar refractivity (Wildman–Crippen MR) is 160 cm³/mol. The number of nitrogens with zero attached hydrogens (tertiary/aromatic N) is 2. The summed E-state index contributed by atoms with van der Waals surface area (Å²) < 4.78 is 39.6. The van der Waals surface area contributed by atoms with Gasteiger partial charge >= 0.3 is 0 Å². The molecule has 0 unspecified atom stereocenters. The lowest BCUT2D eigenvalue weighted by Crippen LogP contribution is -2.52. The molecular weight excluding hydrogens is 566 g/mol. The number of halogens is 1. The topological polar surface area (TPSA) is 105 Å². The van der Waals surface area contributed by atoms with Gasteiger partial charge in [0.25, 0.3) is 10.0 Å². The lowest BCUT2D eigenvalue weighted by molar-refractivity contribution is -0.139. The highest BCUT2D eigenvalue weighted by Gasteiger charge is 2.33. The van der Waals surface area contributed by atoms with Crippen molar-refractivity contribution in [2.24, 2.45) is 0 Å². The first-order valence-electron chi connectivity index (χ1n) is 13.2. The molecule has 3 rings (SSSR count). The van der Waals surface area contributed by atoms with E-state index in [1.54, 1.807) is 55.5 Å². The number of hydrogen-bond donors (Lipinski definition) is 1. The zero-order valence-corrected chi connectivity index (χ0v) is 25.4. The van der Waals surface area contributed by atoms with Gasteiger partial charge in [-0.3, -0.25) is 13.9 Å². The Balaban J connectivity index is 2.06. The van der Waals surface area contributed by atoms with Gasteiger partial charge in [0.1, 0.15) is 12.6 Å². The standard InChI is InChI=1S/C30H36ClN3O6S/c1-6-21(2)32-30(36)22(3)33(19-23-12-14-24(31)15-13-23)29(35)20-34(41(37,38)26-10-8-7-9-11-26)25-16-17-27(39-4)28(18-25)40-5/h7-18,21-22H,6,19-20H2,1-5H3,(H,32,36)/t21-,22-/m0/s1. The second kappa shape index (κ2) is 14.2. The third-order valence-electron chi connectivity index (χ3n) is 6.70. The van der Waals surface area contributed by atoms with Gasteiger partial charge in [0, 0.05) is 23.7 Å². The Morgan fingerprint density at radius 3 is 2.15 bits per heavy atom. The van der Waals surface area contributed by atoms with Crippen molar-refractivity contribution in [2.45, 2.75) is 50.7 Å². The summed E-state index contributed by atoms with van der Waals surface area (Å²) in [5.41, 5.74) is 0.928. The van der Waals surface area contributed by atoms with Gasteiger partial charge in [-0.2, -0.15) is 0 Å². The van der Waals surface area contributed by atoms with E-state index in [0.717, 1.165) is 9.87 Å². The van der Waals surface area contributed by atoms with Gasteiger partial charge in [-0.15, -0.1) is 0 Å². The van der Waals surface area contributed by atoms with E-state index in [-0.39, 0.29) is 29.1 Å². The smallest absolute Gasteiger partial charge is 0.264 e. The van der Waals surface area contributed by atoms with Gasteiger partial charge in [-0.25, -0.2) is 8.42 Å². The van der Waals surface area contributed by atoms with E-state index in [4.69, 9.17) is 21.1 Å². The molecule has 1 N–H and O–H groups in total. The normalized spacial score (nSPS) is 12.6. The van der Waals surface area contributed by atoms with Crippen LogP contribution in [0.15, 0.2) is 77.7 Å². The molecule has 41 heavy (non-hydrogen) atoms. The molecule has 0 saturated heterocycles. The van der Waals surface area contributed by atoms with Crippen LogP contribution in [0.1, 0.15) is 32.8 Å². The third-order valence-corrected chi connectivity index (χ3v) is 8.74. The summed E-state index contributed by atoms with van der Waals surface area (Å²) in [5, 5.41) is 3.44. The molecule has 11 heteroatoms. The Kier molecular flexibility index (Phi) is 11.0. The van der Waals surface area contributed by atoms with Gasteiger partial charge < -0.3 is 19.7 Å². The van der Waals surface area contributed by atoms with Gasteiger partial charge in [0.2, 0.25) is 11.8 Å². The average Bonchev–Trinajstić information content (AvgIpc) is 2.98. The molecular formula is C30H36ClN3O6S. The molecule has 3 aromatic carbocycles. The molecule has 0 aliphatic rings. The number of anilines is 1. The number of ether oxygens (including phenoxy) is 2. The van der Waals surface area contributed by atoms with Crippen molar-refractivity contribution in [2.75, 3.05) is 25.1 Å². The number of sulfonamides is 1. The van der Waals surface area contributed by atoms with E-state index in [9.17, 15) is 18.0 Å². The first-order valence-corrected chi connectivity index (χ1v) is 15.0. The molecule has 0 bridgehead atoms. The van der Waals surface area contributed by atoms with Crippen molar-refractivity contribution in [3.63, 3.8) is 0 Å². The minimum atomic E-state index is -4.20. The molecule has 0 heterocycles. The van der Waals surface area contributed by atoms with E-state index >= 15 is 0 Å². The summed E-state index contributed by atoms with van der Waals surface area (Å²) in [6, 6.07) is 18.4. The summed E-state index contributed by atoms with van der Waals surface area (Å²) in [4.78, 5) is 28.5. The van der Waals surface area contributed by atoms with Crippen LogP contribution in [0.5, 0.6) is 11.5 Å². The molecule has 9 nitrogen and oxygen atoms in total. The second-order valence-electron chi connectivity index (χ2n) is 9.51. The summed E-state index contributed by atoms with van der Waals surface area (Å²) in [5.74, 6) is -0.212. The average molecular weight is 602 g/mol. The van der Waals surface area contributed by atoms with Gasteiger partial charge in [0.15, 0.2) is 11.5 Å². The highest BCUT2D eigenvalue weighted by atomic mass is 35.5. The fourth-order valence-electron chi connectivity index (χ4n) is 4.06. The van der Waals surface area contributed by atoms with E-state index in [0.29, 0.717) is 22.9 Å². The fraction of sp³-hybridized carbons (Fsp3) is 0.333. The van der Waals surface area contributed by atoms with Crippen LogP contribution >= 0.6 is 11.6 Å². The Labute approximate surface area is 247 Å². The molecule has 0 fully saturated rings. The monoisotopic (exact) mass is 601 g/mol. The predicted octanol–water partition coefficient (Wildman–Crippen LogP) is 4.88. The molecule has 2 amide bonds.